The number of likely N-dealkylation sites (tertiary alicyclic amines) is 1. The first-order valence-electron chi connectivity index (χ1n) is 10.3. The second-order valence-electron chi connectivity index (χ2n) is 7.63. The van der Waals surface area contributed by atoms with Crippen molar-refractivity contribution in [3.05, 3.63) is 82.9 Å². The van der Waals surface area contributed by atoms with Gasteiger partial charge in [-0.1, -0.05) is 72.3 Å². The molecule has 0 aromatic heterocycles. The molecule has 152 valence electrons. The number of hydrogen-bond acceptors (Lipinski definition) is 3. The number of nitrogens with zero attached hydrogens (tertiary/aromatic N) is 2. The molecule has 5 heteroatoms. The second-order valence-corrected chi connectivity index (χ2v) is 8.04. The van der Waals surface area contributed by atoms with E-state index < -0.39 is 6.10 Å². The fourth-order valence-electron chi connectivity index (χ4n) is 4.18. The molecule has 2 aromatic rings. The molecule has 0 radical (unpaired) electrons. The lowest BCUT2D eigenvalue weighted by Gasteiger charge is -2.37. The van der Waals surface area contributed by atoms with E-state index >= 15 is 0 Å². The number of halogens is 1. The molecule has 0 saturated carbocycles. The van der Waals surface area contributed by atoms with Gasteiger partial charge in [0.2, 0.25) is 0 Å². The Morgan fingerprint density at radius 3 is 2.48 bits per heavy atom. The summed E-state index contributed by atoms with van der Waals surface area (Å²) < 4.78 is 5.97. The Labute approximate surface area is 177 Å². The number of benzene rings is 2. The standard InChI is InChI=1S/C24H27ClN2O2/c25-21-13-5-4-12-20(21)23-24(28)27(16-8-9-17-29-23)22(18-26-14-6-7-15-26)19-10-2-1-3-11-19/h1-5,8-13,22-23H,6-7,14-18H2/b9-8-/t22-,23?/m1/s1. The first kappa shape index (κ1) is 20.1. The van der Waals surface area contributed by atoms with Crippen LogP contribution in [0.15, 0.2) is 66.7 Å². The summed E-state index contributed by atoms with van der Waals surface area (Å²) in [6.07, 6.45) is 5.77. The number of hydrogen-bond donors (Lipinski definition) is 0. The predicted molar refractivity (Wildman–Crippen MR) is 116 cm³/mol. The van der Waals surface area contributed by atoms with E-state index in [4.69, 9.17) is 16.3 Å². The summed E-state index contributed by atoms with van der Waals surface area (Å²) in [7, 11) is 0. The van der Waals surface area contributed by atoms with Crippen molar-refractivity contribution in [3.63, 3.8) is 0 Å². The highest BCUT2D eigenvalue weighted by atomic mass is 35.5. The average molecular weight is 411 g/mol. The van der Waals surface area contributed by atoms with Gasteiger partial charge in [-0.2, -0.15) is 0 Å². The Balaban J connectivity index is 1.68. The van der Waals surface area contributed by atoms with Gasteiger partial charge in [-0.25, -0.2) is 0 Å². The highest BCUT2D eigenvalue weighted by Gasteiger charge is 2.34. The molecule has 2 aliphatic rings. The van der Waals surface area contributed by atoms with Crippen molar-refractivity contribution in [2.24, 2.45) is 0 Å². The lowest BCUT2D eigenvalue weighted by atomic mass is 10.0. The molecular formula is C24H27ClN2O2. The summed E-state index contributed by atoms with van der Waals surface area (Å²) in [6, 6.07) is 17.8. The van der Waals surface area contributed by atoms with Gasteiger partial charge in [0, 0.05) is 23.7 Å². The molecule has 1 unspecified atom stereocenters. The van der Waals surface area contributed by atoms with Crippen molar-refractivity contribution < 1.29 is 9.53 Å². The van der Waals surface area contributed by atoms with Crippen LogP contribution in [0.1, 0.15) is 36.1 Å². The molecule has 1 amide bonds. The highest BCUT2D eigenvalue weighted by Crippen LogP contribution is 2.32. The van der Waals surface area contributed by atoms with Gasteiger partial charge >= 0.3 is 0 Å². The summed E-state index contributed by atoms with van der Waals surface area (Å²) >= 11 is 6.42. The molecule has 29 heavy (non-hydrogen) atoms. The van der Waals surface area contributed by atoms with Crippen LogP contribution in [-0.4, -0.2) is 48.5 Å². The normalized spacial score (nSPS) is 22.9. The molecule has 4 rings (SSSR count). The van der Waals surface area contributed by atoms with Crippen LogP contribution in [0.3, 0.4) is 0 Å². The molecule has 2 atom stereocenters. The Hall–Kier alpha value is -2.14. The molecule has 1 fully saturated rings. The first-order valence-corrected chi connectivity index (χ1v) is 10.7. The third-order valence-corrected chi connectivity index (χ3v) is 6.06. The van der Waals surface area contributed by atoms with E-state index in [-0.39, 0.29) is 11.9 Å². The minimum absolute atomic E-state index is 0.0295. The van der Waals surface area contributed by atoms with Crippen molar-refractivity contribution in [2.75, 3.05) is 32.8 Å². The molecule has 2 heterocycles. The SMILES string of the molecule is O=C1C(c2ccccc2Cl)OC/C=C\CN1[C@H](CN1CCCC1)c1ccccc1. The smallest absolute Gasteiger partial charge is 0.257 e. The minimum atomic E-state index is -0.696. The minimum Gasteiger partial charge on any atom is -0.359 e. The summed E-state index contributed by atoms with van der Waals surface area (Å²) in [6.45, 7) is 3.98. The second kappa shape index (κ2) is 9.57. The van der Waals surface area contributed by atoms with Gasteiger partial charge in [-0.05, 0) is 37.6 Å². The average Bonchev–Trinajstić information content (AvgIpc) is 3.25. The molecule has 2 aliphatic heterocycles. The predicted octanol–water partition coefficient (Wildman–Crippen LogP) is 4.63. The van der Waals surface area contributed by atoms with E-state index in [2.05, 4.69) is 17.0 Å². The maximum Gasteiger partial charge on any atom is 0.257 e. The van der Waals surface area contributed by atoms with Crippen molar-refractivity contribution in [2.45, 2.75) is 25.0 Å². The number of ether oxygens (including phenoxy) is 1. The number of carbonyl (C=O) groups is 1. The fourth-order valence-corrected chi connectivity index (χ4v) is 4.41. The van der Waals surface area contributed by atoms with Crippen LogP contribution in [0, 0.1) is 0 Å². The van der Waals surface area contributed by atoms with Crippen molar-refractivity contribution in [1.82, 2.24) is 9.80 Å². The third kappa shape index (κ3) is 4.72. The van der Waals surface area contributed by atoms with Crippen molar-refractivity contribution in [1.29, 1.82) is 0 Å². The van der Waals surface area contributed by atoms with Crippen molar-refractivity contribution >= 4 is 17.5 Å². The summed E-state index contributed by atoms with van der Waals surface area (Å²) in [5.41, 5.74) is 1.88. The Morgan fingerprint density at radius 2 is 1.72 bits per heavy atom. The Bertz CT molecular complexity index is 849. The number of amides is 1. The largest absolute Gasteiger partial charge is 0.359 e. The summed E-state index contributed by atoms with van der Waals surface area (Å²) in [4.78, 5) is 18.1. The van der Waals surface area contributed by atoms with E-state index in [1.807, 2.05) is 59.5 Å². The van der Waals surface area contributed by atoms with Gasteiger partial charge in [0.05, 0.1) is 12.6 Å². The number of carbonyl (C=O) groups excluding carboxylic acids is 1. The summed E-state index contributed by atoms with van der Waals surface area (Å²) in [5, 5.41) is 0.561. The Kier molecular flexibility index (Phi) is 6.65. The zero-order valence-corrected chi connectivity index (χ0v) is 17.3. The topological polar surface area (TPSA) is 32.8 Å². The quantitative estimate of drug-likeness (QED) is 0.673. The van der Waals surface area contributed by atoms with Crippen LogP contribution in [-0.2, 0) is 9.53 Å². The van der Waals surface area contributed by atoms with Gasteiger partial charge in [0.15, 0.2) is 6.10 Å². The van der Waals surface area contributed by atoms with Crippen LogP contribution in [0.5, 0.6) is 0 Å². The molecule has 2 aromatic carbocycles. The van der Waals surface area contributed by atoms with Gasteiger partial charge in [-0.15, -0.1) is 0 Å². The lowest BCUT2D eigenvalue weighted by molar-refractivity contribution is -0.146. The molecular weight excluding hydrogens is 384 g/mol. The zero-order valence-electron chi connectivity index (χ0n) is 16.5. The highest BCUT2D eigenvalue weighted by molar-refractivity contribution is 6.31. The van der Waals surface area contributed by atoms with E-state index in [0.717, 1.165) is 30.8 Å². The maximum absolute atomic E-state index is 13.7. The summed E-state index contributed by atoms with van der Waals surface area (Å²) in [5.74, 6) is -0.0319. The molecule has 4 nitrogen and oxygen atoms in total. The van der Waals surface area contributed by atoms with Gasteiger partial charge in [0.25, 0.3) is 5.91 Å². The monoisotopic (exact) mass is 410 g/mol. The zero-order chi connectivity index (χ0) is 20.1. The number of rotatable bonds is 5. The third-order valence-electron chi connectivity index (χ3n) is 5.71. The molecule has 1 saturated heterocycles. The van der Waals surface area contributed by atoms with Crippen LogP contribution >= 0.6 is 11.6 Å². The maximum atomic E-state index is 13.7. The van der Waals surface area contributed by atoms with Crippen LogP contribution in [0.4, 0.5) is 0 Å². The van der Waals surface area contributed by atoms with E-state index in [1.165, 1.54) is 12.8 Å². The van der Waals surface area contributed by atoms with E-state index in [1.54, 1.807) is 0 Å². The van der Waals surface area contributed by atoms with Crippen molar-refractivity contribution in [3.8, 4) is 0 Å². The van der Waals surface area contributed by atoms with Crippen LogP contribution in [0.25, 0.3) is 0 Å². The van der Waals surface area contributed by atoms with Crippen LogP contribution in [0.2, 0.25) is 5.02 Å². The van der Waals surface area contributed by atoms with Gasteiger partial charge in [0.1, 0.15) is 0 Å². The first-order chi connectivity index (χ1) is 14.2. The van der Waals surface area contributed by atoms with E-state index in [9.17, 15) is 4.79 Å². The fraction of sp³-hybridized carbons (Fsp3) is 0.375. The van der Waals surface area contributed by atoms with Gasteiger partial charge in [-0.3, -0.25) is 4.79 Å². The molecule has 0 spiro atoms. The lowest BCUT2D eigenvalue weighted by Crippen LogP contribution is -2.44. The van der Waals surface area contributed by atoms with Gasteiger partial charge < -0.3 is 14.5 Å². The van der Waals surface area contributed by atoms with E-state index in [0.29, 0.717) is 18.2 Å². The molecule has 0 N–H and O–H groups in total. The van der Waals surface area contributed by atoms with Crippen LogP contribution < -0.4 is 0 Å². The molecule has 0 aliphatic carbocycles. The molecule has 0 bridgehead atoms. The Morgan fingerprint density at radius 1 is 1.00 bits per heavy atom.